The van der Waals surface area contributed by atoms with E-state index >= 15 is 0 Å². The van der Waals surface area contributed by atoms with Crippen LogP contribution in [0.5, 0.6) is 11.5 Å². The zero-order chi connectivity index (χ0) is 16.8. The molecule has 9 nitrogen and oxygen atoms in total. The van der Waals surface area contributed by atoms with Crippen molar-refractivity contribution in [1.82, 2.24) is 5.32 Å². The highest BCUT2D eigenvalue weighted by Crippen LogP contribution is 2.36. The Hall–Kier alpha value is -2.84. The zero-order valence-electron chi connectivity index (χ0n) is 12.2. The predicted molar refractivity (Wildman–Crippen MR) is 77.9 cm³/mol. The Labute approximate surface area is 131 Å². The van der Waals surface area contributed by atoms with Crippen molar-refractivity contribution >= 4 is 17.6 Å². The highest BCUT2D eigenvalue weighted by atomic mass is 16.6. The van der Waals surface area contributed by atoms with Gasteiger partial charge in [-0.15, -0.1) is 0 Å². The smallest absolute Gasteiger partial charge is 0.303 e. The highest BCUT2D eigenvalue weighted by molar-refractivity contribution is 5.99. The van der Waals surface area contributed by atoms with Gasteiger partial charge in [-0.05, 0) is 12.8 Å². The molecule has 1 aromatic carbocycles. The van der Waals surface area contributed by atoms with Crippen LogP contribution in [0.2, 0.25) is 0 Å². The molecule has 0 bridgehead atoms. The molecule has 124 valence electrons. The van der Waals surface area contributed by atoms with Crippen LogP contribution < -0.4 is 14.8 Å². The first-order valence-electron chi connectivity index (χ1n) is 7.07. The van der Waals surface area contributed by atoms with E-state index in [0.29, 0.717) is 26.1 Å². The second kappa shape index (κ2) is 7.43. The Morgan fingerprint density at radius 2 is 1.87 bits per heavy atom. The molecule has 0 aliphatic carbocycles. The van der Waals surface area contributed by atoms with Crippen LogP contribution in [0, 0.1) is 10.1 Å². The zero-order valence-corrected chi connectivity index (χ0v) is 12.2. The van der Waals surface area contributed by atoms with Gasteiger partial charge in [0.2, 0.25) is 0 Å². The molecule has 0 saturated carbocycles. The number of ether oxygens (including phenoxy) is 2. The lowest BCUT2D eigenvalue weighted by atomic mass is 10.1. The quantitative estimate of drug-likeness (QED) is 0.440. The van der Waals surface area contributed by atoms with Gasteiger partial charge in [-0.3, -0.25) is 19.7 Å². The normalized spacial score (nSPS) is 12.5. The van der Waals surface area contributed by atoms with E-state index in [2.05, 4.69) is 5.32 Å². The number of nitrogens with zero attached hydrogens (tertiary/aromatic N) is 1. The van der Waals surface area contributed by atoms with Crippen molar-refractivity contribution in [3.63, 3.8) is 0 Å². The molecule has 2 rings (SSSR count). The van der Waals surface area contributed by atoms with Crippen molar-refractivity contribution in [2.75, 3.05) is 19.8 Å². The number of aliphatic carboxylic acids is 1. The van der Waals surface area contributed by atoms with Crippen LogP contribution in [0.3, 0.4) is 0 Å². The number of benzene rings is 1. The summed E-state index contributed by atoms with van der Waals surface area (Å²) in [4.78, 5) is 33.0. The number of rotatable bonds is 7. The number of unbranched alkanes of at least 4 members (excludes halogenated alkanes) is 1. The third-order valence-corrected chi connectivity index (χ3v) is 3.20. The lowest BCUT2D eigenvalue weighted by Gasteiger charge is -2.18. The minimum absolute atomic E-state index is 0.0139. The molecule has 0 fully saturated rings. The highest BCUT2D eigenvalue weighted by Gasteiger charge is 2.26. The van der Waals surface area contributed by atoms with Gasteiger partial charge in [-0.1, -0.05) is 0 Å². The lowest BCUT2D eigenvalue weighted by molar-refractivity contribution is -0.385. The Balaban J connectivity index is 2.06. The van der Waals surface area contributed by atoms with E-state index in [9.17, 15) is 19.7 Å². The monoisotopic (exact) mass is 324 g/mol. The van der Waals surface area contributed by atoms with Crippen molar-refractivity contribution in [2.24, 2.45) is 0 Å². The molecule has 0 aromatic heterocycles. The number of fused-ring (bicyclic) bond motifs is 1. The van der Waals surface area contributed by atoms with E-state index in [1.54, 1.807) is 0 Å². The Kier molecular flexibility index (Phi) is 5.34. The number of hydrogen-bond acceptors (Lipinski definition) is 6. The standard InChI is InChI=1S/C14H16N2O7/c17-13(18)3-1-2-4-15-14(19)9-7-11-12(23-6-5-22-11)8-10(9)16(20)21/h7-8H,1-6H2,(H,15,19)(H,17,18). The van der Waals surface area contributed by atoms with Crippen molar-refractivity contribution in [3.8, 4) is 11.5 Å². The predicted octanol–water partition coefficient (Wildman–Crippen LogP) is 1.35. The number of nitro benzene ring substituents is 1. The maximum Gasteiger partial charge on any atom is 0.303 e. The molecule has 0 radical (unpaired) electrons. The van der Waals surface area contributed by atoms with Crippen LogP contribution in [-0.4, -0.2) is 41.7 Å². The molecule has 1 amide bonds. The van der Waals surface area contributed by atoms with Crippen LogP contribution in [0.4, 0.5) is 5.69 Å². The molecule has 0 unspecified atom stereocenters. The molecule has 23 heavy (non-hydrogen) atoms. The molecule has 1 aliphatic rings. The van der Waals surface area contributed by atoms with Gasteiger partial charge in [0.15, 0.2) is 11.5 Å². The molecule has 9 heteroatoms. The molecule has 0 spiro atoms. The number of carboxylic acid groups (broad SMARTS) is 1. The molecule has 1 aliphatic heterocycles. The van der Waals surface area contributed by atoms with Gasteiger partial charge in [-0.2, -0.15) is 0 Å². The van der Waals surface area contributed by atoms with E-state index in [1.165, 1.54) is 12.1 Å². The molecule has 2 N–H and O–H groups in total. The summed E-state index contributed by atoms with van der Waals surface area (Å²) in [5.41, 5.74) is -0.477. The van der Waals surface area contributed by atoms with Crippen molar-refractivity contribution in [3.05, 3.63) is 27.8 Å². The number of carbonyl (C=O) groups is 2. The average Bonchev–Trinajstić information content (AvgIpc) is 2.52. The fourth-order valence-corrected chi connectivity index (χ4v) is 2.11. The minimum atomic E-state index is -0.904. The van der Waals surface area contributed by atoms with Gasteiger partial charge in [-0.25, -0.2) is 0 Å². The summed E-state index contributed by atoms with van der Waals surface area (Å²) in [6.45, 7) is 0.831. The number of carboxylic acids is 1. The van der Waals surface area contributed by atoms with Crippen molar-refractivity contribution in [2.45, 2.75) is 19.3 Å². The SMILES string of the molecule is O=C(O)CCCCNC(=O)c1cc2c(cc1[N+](=O)[O-])OCCO2. The molecule has 0 saturated heterocycles. The largest absolute Gasteiger partial charge is 0.486 e. The number of nitro groups is 1. The summed E-state index contributed by atoms with van der Waals surface area (Å²) in [6.07, 6.45) is 0.898. The summed E-state index contributed by atoms with van der Waals surface area (Å²) >= 11 is 0. The van der Waals surface area contributed by atoms with E-state index in [-0.39, 0.29) is 35.7 Å². The van der Waals surface area contributed by atoms with E-state index in [4.69, 9.17) is 14.6 Å². The van der Waals surface area contributed by atoms with Crippen LogP contribution in [-0.2, 0) is 4.79 Å². The van der Waals surface area contributed by atoms with Crippen LogP contribution in [0.15, 0.2) is 12.1 Å². The number of hydrogen-bond donors (Lipinski definition) is 2. The van der Waals surface area contributed by atoms with Crippen molar-refractivity contribution in [1.29, 1.82) is 0 Å². The third kappa shape index (κ3) is 4.31. The van der Waals surface area contributed by atoms with Gasteiger partial charge in [0, 0.05) is 19.0 Å². The first-order chi connectivity index (χ1) is 11.0. The second-order valence-corrected chi connectivity index (χ2v) is 4.88. The van der Waals surface area contributed by atoms with Gasteiger partial charge >= 0.3 is 5.97 Å². The molecule has 1 aromatic rings. The third-order valence-electron chi connectivity index (χ3n) is 3.20. The fraction of sp³-hybridized carbons (Fsp3) is 0.429. The molecule has 1 heterocycles. The fourth-order valence-electron chi connectivity index (χ4n) is 2.11. The van der Waals surface area contributed by atoms with Crippen LogP contribution in [0.1, 0.15) is 29.6 Å². The number of nitrogens with one attached hydrogen (secondary N) is 1. The van der Waals surface area contributed by atoms with Gasteiger partial charge in [0.1, 0.15) is 18.8 Å². The number of carbonyl (C=O) groups excluding carboxylic acids is 1. The Bertz CT molecular complexity index is 630. The summed E-state index contributed by atoms with van der Waals surface area (Å²) in [5, 5.41) is 22.2. The summed E-state index contributed by atoms with van der Waals surface area (Å²) in [7, 11) is 0. The van der Waals surface area contributed by atoms with E-state index < -0.39 is 16.8 Å². The van der Waals surface area contributed by atoms with Gasteiger partial charge < -0.3 is 19.9 Å². The molecular formula is C14H16N2O7. The average molecular weight is 324 g/mol. The van der Waals surface area contributed by atoms with Crippen molar-refractivity contribution < 1.29 is 29.1 Å². The van der Waals surface area contributed by atoms with Gasteiger partial charge in [0.05, 0.1) is 11.0 Å². The van der Waals surface area contributed by atoms with E-state index in [1.807, 2.05) is 0 Å². The summed E-state index contributed by atoms with van der Waals surface area (Å²) in [5.74, 6) is -0.985. The Morgan fingerprint density at radius 1 is 1.22 bits per heavy atom. The lowest BCUT2D eigenvalue weighted by Crippen LogP contribution is -2.26. The number of amides is 1. The van der Waals surface area contributed by atoms with Crippen LogP contribution in [0.25, 0.3) is 0 Å². The summed E-state index contributed by atoms with van der Waals surface area (Å²) < 4.78 is 10.6. The second-order valence-electron chi connectivity index (χ2n) is 4.88. The minimum Gasteiger partial charge on any atom is -0.486 e. The topological polar surface area (TPSA) is 128 Å². The Morgan fingerprint density at radius 3 is 2.48 bits per heavy atom. The maximum atomic E-state index is 12.1. The maximum absolute atomic E-state index is 12.1. The first kappa shape index (κ1) is 16.5. The molecular weight excluding hydrogens is 308 g/mol. The summed E-state index contributed by atoms with van der Waals surface area (Å²) in [6, 6.07) is 2.47. The van der Waals surface area contributed by atoms with Crippen LogP contribution >= 0.6 is 0 Å². The molecule has 0 atom stereocenters. The van der Waals surface area contributed by atoms with Gasteiger partial charge in [0.25, 0.3) is 11.6 Å². The van der Waals surface area contributed by atoms with E-state index in [0.717, 1.165) is 0 Å². The first-order valence-corrected chi connectivity index (χ1v) is 7.07.